The van der Waals surface area contributed by atoms with Gasteiger partial charge in [-0.3, -0.25) is 4.79 Å². The van der Waals surface area contributed by atoms with Crippen molar-refractivity contribution in [3.05, 3.63) is 54.6 Å². The topological polar surface area (TPSA) is 47.6 Å². The molecule has 0 spiro atoms. The van der Waals surface area contributed by atoms with Crippen molar-refractivity contribution in [2.45, 2.75) is 18.6 Å². The van der Waals surface area contributed by atoms with Gasteiger partial charge in [0, 0.05) is 13.0 Å². The minimum atomic E-state index is -0.265. The van der Waals surface area contributed by atoms with E-state index in [0.717, 1.165) is 11.3 Å². The van der Waals surface area contributed by atoms with Crippen LogP contribution in [0.1, 0.15) is 6.42 Å². The molecule has 1 fully saturated rings. The Morgan fingerprint density at radius 2 is 1.70 bits per heavy atom. The lowest BCUT2D eigenvalue weighted by Crippen LogP contribution is -2.31. The molecule has 23 heavy (non-hydrogen) atoms. The van der Waals surface area contributed by atoms with Gasteiger partial charge in [0.15, 0.2) is 0 Å². The zero-order valence-electron chi connectivity index (χ0n) is 12.9. The van der Waals surface area contributed by atoms with Crippen molar-refractivity contribution in [3.63, 3.8) is 0 Å². The molecule has 1 heterocycles. The number of halogens is 1. The molecule has 0 amide bonds. The van der Waals surface area contributed by atoms with E-state index in [4.69, 9.17) is 9.47 Å². The minimum absolute atomic E-state index is 0. The maximum absolute atomic E-state index is 11.5. The molecular weight excluding hydrogens is 314 g/mol. The predicted octanol–water partition coefficient (Wildman–Crippen LogP) is 3.06. The molecule has 0 saturated carbocycles. The van der Waals surface area contributed by atoms with Crippen LogP contribution < -0.4 is 10.1 Å². The van der Waals surface area contributed by atoms with Crippen LogP contribution in [0.15, 0.2) is 54.6 Å². The number of benzene rings is 2. The standard InChI is InChI=1S/C18H19NO3.ClH/c1-21-18(20)17-11-16(12-19-17)22-15-9-7-14(8-10-15)13-5-3-2-4-6-13;/h2-10,16-17,19H,11-12H2,1H3;1H. The van der Waals surface area contributed by atoms with E-state index in [-0.39, 0.29) is 30.5 Å². The highest BCUT2D eigenvalue weighted by molar-refractivity contribution is 5.85. The van der Waals surface area contributed by atoms with Crippen LogP contribution in [-0.2, 0) is 9.53 Å². The first-order chi connectivity index (χ1) is 10.8. The van der Waals surface area contributed by atoms with Gasteiger partial charge < -0.3 is 14.8 Å². The molecule has 0 aromatic heterocycles. The molecule has 1 aliphatic rings. The van der Waals surface area contributed by atoms with Gasteiger partial charge in [0.2, 0.25) is 0 Å². The second-order valence-electron chi connectivity index (χ2n) is 5.35. The maximum atomic E-state index is 11.5. The Morgan fingerprint density at radius 1 is 1.04 bits per heavy atom. The fraction of sp³-hybridized carbons (Fsp3) is 0.278. The highest BCUT2D eigenvalue weighted by Gasteiger charge is 2.31. The summed E-state index contributed by atoms with van der Waals surface area (Å²) in [5.41, 5.74) is 2.34. The van der Waals surface area contributed by atoms with Crippen LogP contribution in [0.5, 0.6) is 5.75 Å². The Bertz CT molecular complexity index is 630. The van der Waals surface area contributed by atoms with Crippen molar-refractivity contribution in [2.75, 3.05) is 13.7 Å². The third-order valence-electron chi connectivity index (χ3n) is 3.84. The van der Waals surface area contributed by atoms with Gasteiger partial charge in [-0.15, -0.1) is 12.4 Å². The van der Waals surface area contributed by atoms with Crippen LogP contribution >= 0.6 is 12.4 Å². The molecule has 0 aliphatic carbocycles. The zero-order valence-corrected chi connectivity index (χ0v) is 13.7. The Kier molecular flexibility index (Phi) is 6.02. The van der Waals surface area contributed by atoms with Crippen molar-refractivity contribution in [3.8, 4) is 16.9 Å². The smallest absolute Gasteiger partial charge is 0.323 e. The van der Waals surface area contributed by atoms with Crippen LogP contribution in [0.25, 0.3) is 11.1 Å². The summed E-state index contributed by atoms with van der Waals surface area (Å²) < 4.78 is 10.7. The van der Waals surface area contributed by atoms with E-state index in [1.807, 2.05) is 42.5 Å². The van der Waals surface area contributed by atoms with Gasteiger partial charge in [-0.2, -0.15) is 0 Å². The van der Waals surface area contributed by atoms with Gasteiger partial charge in [-0.1, -0.05) is 42.5 Å². The normalized spacial score (nSPS) is 19.7. The molecule has 2 unspecified atom stereocenters. The Labute approximate surface area is 142 Å². The predicted molar refractivity (Wildman–Crippen MR) is 92.0 cm³/mol. The lowest BCUT2D eigenvalue weighted by Gasteiger charge is -2.13. The molecule has 2 atom stereocenters. The molecule has 2 aromatic carbocycles. The third-order valence-corrected chi connectivity index (χ3v) is 3.84. The van der Waals surface area contributed by atoms with E-state index in [2.05, 4.69) is 17.4 Å². The summed E-state index contributed by atoms with van der Waals surface area (Å²) in [4.78, 5) is 11.5. The van der Waals surface area contributed by atoms with Crippen molar-refractivity contribution in [2.24, 2.45) is 0 Å². The summed E-state index contributed by atoms with van der Waals surface area (Å²) in [6.45, 7) is 0.653. The molecular formula is C18H20ClNO3. The lowest BCUT2D eigenvalue weighted by atomic mass is 10.1. The van der Waals surface area contributed by atoms with Crippen LogP contribution in [0.4, 0.5) is 0 Å². The Balaban J connectivity index is 0.00000192. The summed E-state index contributed by atoms with van der Waals surface area (Å²) in [5.74, 6) is 0.586. The number of rotatable bonds is 4. The monoisotopic (exact) mass is 333 g/mol. The summed E-state index contributed by atoms with van der Waals surface area (Å²) in [6.07, 6.45) is 0.624. The number of hydrogen-bond donors (Lipinski definition) is 1. The number of hydrogen-bond acceptors (Lipinski definition) is 4. The molecule has 0 bridgehead atoms. The van der Waals surface area contributed by atoms with E-state index >= 15 is 0 Å². The van der Waals surface area contributed by atoms with E-state index in [9.17, 15) is 4.79 Å². The average Bonchev–Trinajstić information content (AvgIpc) is 3.04. The van der Waals surface area contributed by atoms with E-state index in [1.54, 1.807) is 0 Å². The summed E-state index contributed by atoms with van der Waals surface area (Å²) in [5, 5.41) is 3.12. The van der Waals surface area contributed by atoms with Crippen LogP contribution in [0.2, 0.25) is 0 Å². The van der Waals surface area contributed by atoms with Crippen molar-refractivity contribution >= 4 is 18.4 Å². The molecule has 3 rings (SSSR count). The number of ether oxygens (including phenoxy) is 2. The van der Waals surface area contributed by atoms with Gasteiger partial charge in [-0.05, 0) is 23.3 Å². The number of carbonyl (C=O) groups is 1. The first-order valence-electron chi connectivity index (χ1n) is 7.39. The number of carbonyl (C=O) groups excluding carboxylic acids is 1. The molecule has 0 radical (unpaired) electrons. The van der Waals surface area contributed by atoms with Gasteiger partial charge in [0.25, 0.3) is 0 Å². The van der Waals surface area contributed by atoms with Crippen molar-refractivity contribution in [1.82, 2.24) is 5.32 Å². The van der Waals surface area contributed by atoms with Crippen LogP contribution in [0.3, 0.4) is 0 Å². The largest absolute Gasteiger partial charge is 0.489 e. The van der Waals surface area contributed by atoms with Crippen molar-refractivity contribution < 1.29 is 14.3 Å². The number of nitrogens with one attached hydrogen (secondary N) is 1. The van der Waals surface area contributed by atoms with E-state index in [0.29, 0.717) is 13.0 Å². The Morgan fingerprint density at radius 3 is 2.35 bits per heavy atom. The second kappa shape index (κ2) is 7.99. The summed E-state index contributed by atoms with van der Waals surface area (Å²) >= 11 is 0. The number of esters is 1. The van der Waals surface area contributed by atoms with Crippen molar-refractivity contribution in [1.29, 1.82) is 0 Å². The highest BCUT2D eigenvalue weighted by atomic mass is 35.5. The van der Waals surface area contributed by atoms with Crippen LogP contribution in [-0.4, -0.2) is 31.8 Å². The first kappa shape index (κ1) is 17.3. The first-order valence-corrected chi connectivity index (χ1v) is 7.39. The molecule has 1 aliphatic heterocycles. The van der Waals surface area contributed by atoms with Crippen LogP contribution in [0, 0.1) is 0 Å². The Hall–Kier alpha value is -2.04. The molecule has 2 aromatic rings. The second-order valence-corrected chi connectivity index (χ2v) is 5.35. The molecule has 4 nitrogen and oxygen atoms in total. The molecule has 1 saturated heterocycles. The quantitative estimate of drug-likeness (QED) is 0.874. The van der Waals surface area contributed by atoms with Gasteiger partial charge in [0.1, 0.15) is 17.9 Å². The summed E-state index contributed by atoms with van der Waals surface area (Å²) in [7, 11) is 1.40. The molecule has 1 N–H and O–H groups in total. The molecule has 122 valence electrons. The van der Waals surface area contributed by atoms with Gasteiger partial charge >= 0.3 is 5.97 Å². The average molecular weight is 334 g/mol. The molecule has 5 heteroatoms. The minimum Gasteiger partial charge on any atom is -0.489 e. The maximum Gasteiger partial charge on any atom is 0.323 e. The lowest BCUT2D eigenvalue weighted by molar-refractivity contribution is -0.142. The SMILES string of the molecule is COC(=O)C1CC(Oc2ccc(-c3ccccc3)cc2)CN1.Cl. The number of methoxy groups -OCH3 is 1. The van der Waals surface area contributed by atoms with Gasteiger partial charge in [-0.25, -0.2) is 0 Å². The van der Waals surface area contributed by atoms with E-state index in [1.165, 1.54) is 12.7 Å². The fourth-order valence-electron chi connectivity index (χ4n) is 2.66. The zero-order chi connectivity index (χ0) is 15.4. The summed E-state index contributed by atoms with van der Waals surface area (Å²) in [6, 6.07) is 18.0. The fourth-order valence-corrected chi connectivity index (χ4v) is 2.66. The van der Waals surface area contributed by atoms with E-state index < -0.39 is 0 Å². The highest BCUT2D eigenvalue weighted by Crippen LogP contribution is 2.24. The van der Waals surface area contributed by atoms with Gasteiger partial charge in [0.05, 0.1) is 7.11 Å². The third kappa shape index (κ3) is 4.24.